The number of carbonyl (C=O) groups excluding carboxylic acids is 2. The summed E-state index contributed by atoms with van der Waals surface area (Å²) in [4.78, 5) is 32.5. The number of rotatable bonds is 7. The second-order valence-corrected chi connectivity index (χ2v) is 7.47. The first-order valence-corrected chi connectivity index (χ1v) is 9.49. The highest BCUT2D eigenvalue weighted by atomic mass is 16.5. The van der Waals surface area contributed by atoms with E-state index in [9.17, 15) is 9.59 Å². The van der Waals surface area contributed by atoms with Crippen molar-refractivity contribution in [2.45, 2.75) is 37.5 Å². The highest BCUT2D eigenvalue weighted by molar-refractivity contribution is 5.86. The average Bonchev–Trinajstić information content (AvgIpc) is 3.32. The molecule has 0 N–H and O–H groups in total. The van der Waals surface area contributed by atoms with Gasteiger partial charge in [-0.15, -0.1) is 0 Å². The van der Waals surface area contributed by atoms with Gasteiger partial charge < -0.3 is 14.3 Å². The fourth-order valence-corrected chi connectivity index (χ4v) is 3.41. The molecule has 1 aliphatic heterocycles. The summed E-state index contributed by atoms with van der Waals surface area (Å²) in [5, 5.41) is 3.98. The molecule has 2 amide bonds. The van der Waals surface area contributed by atoms with Gasteiger partial charge in [0.1, 0.15) is 0 Å². The number of carbonyl (C=O) groups is 2. The molecule has 1 aliphatic carbocycles. The molecule has 2 aromatic rings. The normalized spacial score (nSPS) is 19.5. The Morgan fingerprint density at radius 1 is 1.26 bits per heavy atom. The van der Waals surface area contributed by atoms with Gasteiger partial charge >= 0.3 is 0 Å². The van der Waals surface area contributed by atoms with E-state index >= 15 is 0 Å². The third-order valence-electron chi connectivity index (χ3n) is 5.32. The molecular formula is C20H24N4O3. The van der Waals surface area contributed by atoms with Crippen LogP contribution < -0.4 is 0 Å². The first kappa shape index (κ1) is 17.7. The van der Waals surface area contributed by atoms with Crippen LogP contribution in [-0.2, 0) is 16.0 Å². The lowest BCUT2D eigenvalue weighted by Gasteiger charge is -2.21. The van der Waals surface area contributed by atoms with E-state index in [1.54, 1.807) is 16.8 Å². The lowest BCUT2D eigenvalue weighted by molar-refractivity contribution is -0.137. The van der Waals surface area contributed by atoms with Crippen LogP contribution in [0, 0.1) is 0 Å². The van der Waals surface area contributed by atoms with E-state index in [2.05, 4.69) is 10.1 Å². The largest absolute Gasteiger partial charge is 0.344 e. The van der Waals surface area contributed by atoms with Crippen LogP contribution in [0.15, 0.2) is 34.9 Å². The van der Waals surface area contributed by atoms with E-state index in [0.717, 1.165) is 18.4 Å². The van der Waals surface area contributed by atoms with Crippen LogP contribution >= 0.6 is 0 Å². The summed E-state index contributed by atoms with van der Waals surface area (Å²) in [7, 11) is 1.75. The highest BCUT2D eigenvalue weighted by Crippen LogP contribution is 2.38. The van der Waals surface area contributed by atoms with E-state index in [0.29, 0.717) is 43.6 Å². The molecule has 2 heterocycles. The number of amides is 2. The molecule has 2 aliphatic rings. The molecule has 1 unspecified atom stereocenters. The minimum absolute atomic E-state index is 0.0397. The Hall–Kier alpha value is -2.70. The fourth-order valence-electron chi connectivity index (χ4n) is 3.41. The lowest BCUT2D eigenvalue weighted by Crippen LogP contribution is -2.40. The van der Waals surface area contributed by atoms with Gasteiger partial charge in [-0.25, -0.2) is 0 Å². The summed E-state index contributed by atoms with van der Waals surface area (Å²) in [6, 6.07) is 10.0. The van der Waals surface area contributed by atoms with Crippen LogP contribution in [0.1, 0.15) is 48.4 Å². The minimum atomic E-state index is -0.0667. The van der Waals surface area contributed by atoms with Crippen LogP contribution in [0.2, 0.25) is 0 Å². The zero-order chi connectivity index (χ0) is 18.8. The summed E-state index contributed by atoms with van der Waals surface area (Å²) in [5.74, 6) is 1.92. The molecule has 0 bridgehead atoms. The molecule has 7 heteroatoms. The number of benzene rings is 1. The van der Waals surface area contributed by atoms with Crippen LogP contribution in [-0.4, -0.2) is 58.4 Å². The van der Waals surface area contributed by atoms with Crippen molar-refractivity contribution in [2.75, 3.05) is 26.7 Å². The Labute approximate surface area is 158 Å². The topological polar surface area (TPSA) is 79.5 Å². The Morgan fingerprint density at radius 2 is 2.04 bits per heavy atom. The second-order valence-electron chi connectivity index (χ2n) is 7.47. The zero-order valence-electron chi connectivity index (χ0n) is 15.5. The first-order valence-electron chi connectivity index (χ1n) is 9.49. The van der Waals surface area contributed by atoms with Crippen molar-refractivity contribution >= 4 is 11.8 Å². The third kappa shape index (κ3) is 4.18. The number of hydrogen-bond donors (Lipinski definition) is 0. The van der Waals surface area contributed by atoms with E-state index in [4.69, 9.17) is 4.52 Å². The second kappa shape index (κ2) is 7.50. The Bertz CT molecular complexity index is 816. The molecular weight excluding hydrogens is 344 g/mol. The number of likely N-dealkylation sites (N-methyl/N-ethyl adjacent to an activating group) is 1. The molecule has 1 atom stereocenters. The maximum Gasteiger partial charge on any atom is 0.241 e. The highest BCUT2D eigenvalue weighted by Gasteiger charge is 2.32. The van der Waals surface area contributed by atoms with Crippen LogP contribution in [0.25, 0.3) is 0 Å². The average molecular weight is 368 g/mol. The molecule has 1 aromatic carbocycles. The van der Waals surface area contributed by atoms with Gasteiger partial charge in [-0.2, -0.15) is 4.98 Å². The SMILES string of the molecule is CN(CCc1noc(C2CC2)n1)C(=O)CN1CC(c2ccccc2)CC1=O. The van der Waals surface area contributed by atoms with Crippen molar-refractivity contribution in [1.82, 2.24) is 19.9 Å². The van der Waals surface area contributed by atoms with Crippen molar-refractivity contribution in [2.24, 2.45) is 0 Å². The number of likely N-dealkylation sites (tertiary alicyclic amines) is 1. The number of nitrogens with zero attached hydrogens (tertiary/aromatic N) is 4. The van der Waals surface area contributed by atoms with Crippen molar-refractivity contribution in [3.05, 3.63) is 47.6 Å². The molecule has 7 nitrogen and oxygen atoms in total. The smallest absolute Gasteiger partial charge is 0.241 e. The predicted molar refractivity (Wildman–Crippen MR) is 98.0 cm³/mol. The van der Waals surface area contributed by atoms with E-state index in [-0.39, 0.29) is 24.3 Å². The lowest BCUT2D eigenvalue weighted by atomic mass is 9.99. The van der Waals surface area contributed by atoms with Crippen molar-refractivity contribution < 1.29 is 14.1 Å². The van der Waals surface area contributed by atoms with E-state index in [1.165, 1.54) is 0 Å². The van der Waals surface area contributed by atoms with E-state index in [1.807, 2.05) is 30.3 Å². The molecule has 27 heavy (non-hydrogen) atoms. The van der Waals surface area contributed by atoms with Crippen LogP contribution in [0.3, 0.4) is 0 Å². The number of aromatic nitrogens is 2. The van der Waals surface area contributed by atoms with Gasteiger partial charge in [0.2, 0.25) is 17.7 Å². The molecule has 142 valence electrons. The Balaban J connectivity index is 1.27. The summed E-state index contributed by atoms with van der Waals surface area (Å²) in [6.07, 6.45) is 3.26. The van der Waals surface area contributed by atoms with Crippen molar-refractivity contribution in [3.8, 4) is 0 Å². The molecule has 1 saturated heterocycles. The molecule has 0 radical (unpaired) electrons. The monoisotopic (exact) mass is 368 g/mol. The molecule has 1 saturated carbocycles. The maximum atomic E-state index is 12.5. The Kier molecular flexibility index (Phi) is 4.92. The Morgan fingerprint density at radius 3 is 2.78 bits per heavy atom. The van der Waals surface area contributed by atoms with Gasteiger partial charge in [0.25, 0.3) is 0 Å². The number of hydrogen-bond acceptors (Lipinski definition) is 5. The van der Waals surface area contributed by atoms with E-state index < -0.39 is 0 Å². The zero-order valence-corrected chi connectivity index (χ0v) is 15.5. The van der Waals surface area contributed by atoms with Crippen molar-refractivity contribution in [3.63, 3.8) is 0 Å². The summed E-state index contributed by atoms with van der Waals surface area (Å²) < 4.78 is 5.24. The van der Waals surface area contributed by atoms with Gasteiger partial charge in [0, 0.05) is 44.8 Å². The van der Waals surface area contributed by atoms with Gasteiger partial charge in [0.05, 0.1) is 6.54 Å². The van der Waals surface area contributed by atoms with Gasteiger partial charge in [-0.3, -0.25) is 9.59 Å². The quantitative estimate of drug-likeness (QED) is 0.746. The fraction of sp³-hybridized carbons (Fsp3) is 0.500. The van der Waals surface area contributed by atoms with Gasteiger partial charge in [0.15, 0.2) is 5.82 Å². The maximum absolute atomic E-state index is 12.5. The molecule has 2 fully saturated rings. The summed E-state index contributed by atoms with van der Waals surface area (Å²) in [5.41, 5.74) is 1.15. The molecule has 0 spiro atoms. The predicted octanol–water partition coefficient (Wildman–Crippen LogP) is 1.96. The van der Waals surface area contributed by atoms with Gasteiger partial charge in [-0.05, 0) is 18.4 Å². The van der Waals surface area contributed by atoms with Crippen molar-refractivity contribution in [1.29, 1.82) is 0 Å². The molecule has 1 aromatic heterocycles. The standard InChI is InChI=1S/C20H24N4O3/c1-23(10-9-17-21-20(27-22-17)15-7-8-15)19(26)13-24-12-16(11-18(24)25)14-5-3-2-4-6-14/h2-6,15-16H,7-13H2,1H3. The van der Waals surface area contributed by atoms with Gasteiger partial charge in [-0.1, -0.05) is 35.5 Å². The minimum Gasteiger partial charge on any atom is -0.344 e. The molecule has 4 rings (SSSR count). The summed E-state index contributed by atoms with van der Waals surface area (Å²) in [6.45, 7) is 1.23. The third-order valence-corrected chi connectivity index (χ3v) is 5.32. The van der Waals surface area contributed by atoms with Crippen LogP contribution in [0.5, 0.6) is 0 Å². The first-order chi connectivity index (χ1) is 13.1. The van der Waals surface area contributed by atoms with Crippen LogP contribution in [0.4, 0.5) is 0 Å². The summed E-state index contributed by atoms with van der Waals surface area (Å²) >= 11 is 0.